The number of thiophene rings is 1. The summed E-state index contributed by atoms with van der Waals surface area (Å²) in [4.78, 5) is 24.7. The van der Waals surface area contributed by atoms with E-state index in [1.807, 2.05) is 54.8 Å². The van der Waals surface area contributed by atoms with E-state index in [1.54, 1.807) is 16.8 Å². The molecule has 0 bridgehead atoms. The Labute approximate surface area is 154 Å². The van der Waals surface area contributed by atoms with Gasteiger partial charge in [0.05, 0.1) is 11.4 Å². The molecule has 0 aliphatic carbocycles. The van der Waals surface area contributed by atoms with E-state index in [9.17, 15) is 9.59 Å². The van der Waals surface area contributed by atoms with Crippen LogP contribution in [0, 0.1) is 6.92 Å². The monoisotopic (exact) mass is 367 g/mol. The van der Waals surface area contributed by atoms with Gasteiger partial charge >= 0.3 is 5.97 Å². The third-order valence-corrected chi connectivity index (χ3v) is 4.21. The SMILES string of the molecule is Cc1cc(NC(=O)COC(=O)/C=C/c2cccs2)n(-c2ccccc2)n1. The number of amides is 1. The molecule has 7 heteroatoms. The molecule has 2 heterocycles. The van der Waals surface area contributed by atoms with E-state index in [2.05, 4.69) is 10.4 Å². The normalized spacial score (nSPS) is 10.8. The van der Waals surface area contributed by atoms with Crippen molar-refractivity contribution in [2.75, 3.05) is 11.9 Å². The summed E-state index contributed by atoms with van der Waals surface area (Å²) in [7, 11) is 0. The fourth-order valence-corrected chi connectivity index (χ4v) is 2.87. The second-order valence-corrected chi connectivity index (χ2v) is 6.40. The molecule has 1 amide bonds. The molecule has 0 spiro atoms. The quantitative estimate of drug-likeness (QED) is 0.535. The lowest BCUT2D eigenvalue weighted by Gasteiger charge is -2.08. The summed E-state index contributed by atoms with van der Waals surface area (Å²) >= 11 is 1.51. The highest BCUT2D eigenvalue weighted by Gasteiger charge is 2.12. The van der Waals surface area contributed by atoms with Crippen LogP contribution in [0.4, 0.5) is 5.82 Å². The lowest BCUT2D eigenvalue weighted by molar-refractivity contribution is -0.142. The van der Waals surface area contributed by atoms with Gasteiger partial charge in [0.15, 0.2) is 6.61 Å². The topological polar surface area (TPSA) is 73.2 Å². The predicted molar refractivity (Wildman–Crippen MR) is 101 cm³/mol. The minimum absolute atomic E-state index is 0.368. The summed E-state index contributed by atoms with van der Waals surface area (Å²) in [5.74, 6) is -0.481. The number of rotatable bonds is 6. The van der Waals surface area contributed by atoms with Gasteiger partial charge in [-0.3, -0.25) is 4.79 Å². The number of nitrogens with zero attached hydrogens (tertiary/aromatic N) is 2. The molecular weight excluding hydrogens is 350 g/mol. The van der Waals surface area contributed by atoms with E-state index in [1.165, 1.54) is 17.4 Å². The van der Waals surface area contributed by atoms with E-state index in [4.69, 9.17) is 4.74 Å². The van der Waals surface area contributed by atoms with Crippen LogP contribution in [0.15, 0.2) is 60.0 Å². The number of aromatic nitrogens is 2. The Bertz CT molecular complexity index is 915. The van der Waals surface area contributed by atoms with Crippen molar-refractivity contribution in [3.63, 3.8) is 0 Å². The van der Waals surface area contributed by atoms with E-state index in [0.717, 1.165) is 16.3 Å². The molecule has 6 nitrogen and oxygen atoms in total. The van der Waals surface area contributed by atoms with Crippen LogP contribution < -0.4 is 5.32 Å². The number of esters is 1. The first-order chi connectivity index (χ1) is 12.6. The van der Waals surface area contributed by atoms with Crippen molar-refractivity contribution >= 4 is 35.1 Å². The largest absolute Gasteiger partial charge is 0.452 e. The average molecular weight is 367 g/mol. The smallest absolute Gasteiger partial charge is 0.331 e. The van der Waals surface area contributed by atoms with Gasteiger partial charge in [-0.1, -0.05) is 24.3 Å². The second kappa shape index (κ2) is 8.26. The molecule has 1 aromatic carbocycles. The number of nitrogens with one attached hydrogen (secondary N) is 1. The predicted octanol–water partition coefficient (Wildman–Crippen LogP) is 3.44. The van der Waals surface area contributed by atoms with Crippen LogP contribution in [0.3, 0.4) is 0 Å². The van der Waals surface area contributed by atoms with Crippen molar-refractivity contribution < 1.29 is 14.3 Å². The Morgan fingerprint density at radius 1 is 1.23 bits per heavy atom. The van der Waals surface area contributed by atoms with Gasteiger partial charge in [-0.25, -0.2) is 9.48 Å². The van der Waals surface area contributed by atoms with Crippen molar-refractivity contribution in [2.45, 2.75) is 6.92 Å². The van der Waals surface area contributed by atoms with Gasteiger partial charge in [0.1, 0.15) is 5.82 Å². The Hall–Kier alpha value is -3.19. The molecule has 0 aliphatic heterocycles. The van der Waals surface area contributed by atoms with Crippen molar-refractivity contribution in [2.24, 2.45) is 0 Å². The maximum absolute atomic E-state index is 12.1. The standard InChI is InChI=1S/C19H17N3O3S/c1-14-12-17(22(21-14)15-6-3-2-4-7-15)20-18(23)13-25-19(24)10-9-16-8-5-11-26-16/h2-12H,13H2,1H3,(H,20,23)/b10-9+. The highest BCUT2D eigenvalue weighted by Crippen LogP contribution is 2.16. The van der Waals surface area contributed by atoms with Gasteiger partial charge in [-0.05, 0) is 36.6 Å². The van der Waals surface area contributed by atoms with Crippen molar-refractivity contribution in [3.8, 4) is 5.69 Å². The Morgan fingerprint density at radius 2 is 2.04 bits per heavy atom. The Balaban J connectivity index is 1.58. The van der Waals surface area contributed by atoms with Gasteiger partial charge < -0.3 is 10.1 Å². The van der Waals surface area contributed by atoms with E-state index in [0.29, 0.717) is 5.82 Å². The number of hydrogen-bond acceptors (Lipinski definition) is 5. The molecule has 0 saturated carbocycles. The number of anilines is 1. The lowest BCUT2D eigenvalue weighted by Crippen LogP contribution is -2.21. The van der Waals surface area contributed by atoms with Gasteiger partial charge in [0.2, 0.25) is 0 Å². The summed E-state index contributed by atoms with van der Waals surface area (Å²) in [5.41, 5.74) is 1.59. The molecule has 3 rings (SSSR count). The number of carbonyl (C=O) groups excluding carboxylic acids is 2. The summed E-state index contributed by atoms with van der Waals surface area (Å²) in [5, 5.41) is 9.00. The zero-order valence-corrected chi connectivity index (χ0v) is 14.9. The number of ether oxygens (including phenoxy) is 1. The molecule has 0 radical (unpaired) electrons. The van der Waals surface area contributed by atoms with Gasteiger partial charge in [0, 0.05) is 17.0 Å². The molecular formula is C19H17N3O3S. The molecule has 2 aromatic heterocycles. The van der Waals surface area contributed by atoms with Crippen LogP contribution in [0.1, 0.15) is 10.6 Å². The zero-order valence-electron chi connectivity index (χ0n) is 14.1. The van der Waals surface area contributed by atoms with Crippen LogP contribution in [-0.2, 0) is 14.3 Å². The minimum atomic E-state index is -0.568. The first-order valence-corrected chi connectivity index (χ1v) is 8.80. The zero-order chi connectivity index (χ0) is 18.4. The number of hydrogen-bond donors (Lipinski definition) is 1. The third-order valence-electron chi connectivity index (χ3n) is 3.37. The molecule has 3 aromatic rings. The van der Waals surface area contributed by atoms with Crippen LogP contribution in [0.2, 0.25) is 0 Å². The first kappa shape index (κ1) is 17.6. The van der Waals surface area contributed by atoms with Crippen LogP contribution in [-0.4, -0.2) is 28.3 Å². The van der Waals surface area contributed by atoms with E-state index in [-0.39, 0.29) is 6.61 Å². The van der Waals surface area contributed by atoms with Gasteiger partial charge in [0.25, 0.3) is 5.91 Å². The lowest BCUT2D eigenvalue weighted by atomic mass is 10.3. The maximum Gasteiger partial charge on any atom is 0.331 e. The summed E-state index contributed by atoms with van der Waals surface area (Å²) in [6.45, 7) is 1.47. The first-order valence-electron chi connectivity index (χ1n) is 7.92. The number of benzene rings is 1. The van der Waals surface area contributed by atoms with Crippen molar-refractivity contribution in [3.05, 3.63) is 70.6 Å². The number of carbonyl (C=O) groups is 2. The molecule has 0 unspecified atom stereocenters. The molecule has 0 aliphatic rings. The molecule has 26 heavy (non-hydrogen) atoms. The van der Waals surface area contributed by atoms with Gasteiger partial charge in [-0.2, -0.15) is 5.10 Å². The van der Waals surface area contributed by atoms with Crippen LogP contribution in [0.25, 0.3) is 11.8 Å². The Morgan fingerprint density at radius 3 is 2.77 bits per heavy atom. The highest BCUT2D eigenvalue weighted by atomic mass is 32.1. The number of aryl methyl sites for hydroxylation is 1. The fraction of sp³-hybridized carbons (Fsp3) is 0.105. The van der Waals surface area contributed by atoms with Crippen LogP contribution >= 0.6 is 11.3 Å². The summed E-state index contributed by atoms with van der Waals surface area (Å²) < 4.78 is 6.59. The van der Waals surface area contributed by atoms with Crippen LogP contribution in [0.5, 0.6) is 0 Å². The molecule has 0 fully saturated rings. The summed E-state index contributed by atoms with van der Waals surface area (Å²) in [6.07, 6.45) is 2.95. The average Bonchev–Trinajstić information content (AvgIpc) is 3.28. The van der Waals surface area contributed by atoms with Crippen molar-refractivity contribution in [1.82, 2.24) is 9.78 Å². The molecule has 0 saturated heterocycles. The molecule has 0 atom stereocenters. The van der Waals surface area contributed by atoms with E-state index < -0.39 is 11.9 Å². The van der Waals surface area contributed by atoms with Crippen molar-refractivity contribution in [1.29, 1.82) is 0 Å². The fourth-order valence-electron chi connectivity index (χ4n) is 2.25. The third kappa shape index (κ3) is 4.67. The molecule has 132 valence electrons. The number of para-hydroxylation sites is 1. The second-order valence-electron chi connectivity index (χ2n) is 5.42. The summed E-state index contributed by atoms with van der Waals surface area (Å²) in [6, 6.07) is 15.0. The Kier molecular flexibility index (Phi) is 5.60. The minimum Gasteiger partial charge on any atom is -0.452 e. The highest BCUT2D eigenvalue weighted by molar-refractivity contribution is 7.10. The maximum atomic E-state index is 12.1. The molecule has 1 N–H and O–H groups in total. The van der Waals surface area contributed by atoms with E-state index >= 15 is 0 Å². The van der Waals surface area contributed by atoms with Gasteiger partial charge in [-0.15, -0.1) is 11.3 Å².